The number of carbonyl (C=O) groups is 2. The summed E-state index contributed by atoms with van der Waals surface area (Å²) >= 11 is 0. The minimum atomic E-state index is -0.488. The topological polar surface area (TPSA) is 102 Å². The van der Waals surface area contributed by atoms with Gasteiger partial charge in [-0.3, -0.25) is 9.59 Å². The quantitative estimate of drug-likeness (QED) is 0.523. The molecule has 2 aromatic heterocycles. The second-order valence-corrected chi connectivity index (χ2v) is 7.34. The number of fused-ring (bicyclic) bond motifs is 1. The molecule has 1 aromatic carbocycles. The van der Waals surface area contributed by atoms with E-state index in [-0.39, 0.29) is 18.9 Å². The van der Waals surface area contributed by atoms with Gasteiger partial charge < -0.3 is 15.0 Å². The molecule has 0 aliphatic rings. The van der Waals surface area contributed by atoms with Gasteiger partial charge in [-0.15, -0.1) is 0 Å². The van der Waals surface area contributed by atoms with E-state index in [9.17, 15) is 9.59 Å². The first-order chi connectivity index (χ1) is 14.9. The molecule has 0 fully saturated rings. The van der Waals surface area contributed by atoms with Crippen molar-refractivity contribution < 1.29 is 14.3 Å². The molecule has 0 aliphatic carbocycles. The molecule has 0 atom stereocenters. The van der Waals surface area contributed by atoms with Crippen molar-refractivity contribution in [2.24, 2.45) is 0 Å². The Kier molecular flexibility index (Phi) is 7.17. The van der Waals surface area contributed by atoms with Gasteiger partial charge in [-0.25, -0.2) is 9.50 Å². The molecular weight excluding hydrogens is 396 g/mol. The minimum Gasteiger partial charge on any atom is -0.455 e. The van der Waals surface area contributed by atoms with E-state index in [4.69, 9.17) is 4.74 Å². The minimum absolute atomic E-state index is 0.0186. The number of carbonyl (C=O) groups excluding carboxylic acids is 2. The molecule has 3 rings (SSSR count). The first-order valence-corrected chi connectivity index (χ1v) is 10.3. The third kappa shape index (κ3) is 5.56. The number of hydrogen-bond acceptors (Lipinski definition) is 7. The Labute approximate surface area is 181 Å². The summed E-state index contributed by atoms with van der Waals surface area (Å²) in [6.07, 6.45) is 1.44. The van der Waals surface area contributed by atoms with E-state index in [1.165, 1.54) is 11.9 Å². The van der Waals surface area contributed by atoms with Gasteiger partial charge in [-0.2, -0.15) is 10.1 Å². The number of rotatable bonds is 9. The zero-order valence-electron chi connectivity index (χ0n) is 18.4. The number of aromatic nitrogens is 4. The van der Waals surface area contributed by atoms with Crippen molar-refractivity contribution in [3.8, 4) is 0 Å². The molecule has 0 unspecified atom stereocenters. The van der Waals surface area contributed by atoms with Crippen LogP contribution in [0.5, 0.6) is 0 Å². The van der Waals surface area contributed by atoms with E-state index in [2.05, 4.69) is 57.3 Å². The summed E-state index contributed by atoms with van der Waals surface area (Å²) in [4.78, 5) is 34.9. The predicted octanol–water partition coefficient (Wildman–Crippen LogP) is 1.78. The van der Waals surface area contributed by atoms with E-state index < -0.39 is 5.97 Å². The molecule has 1 N–H and O–H groups in total. The maximum Gasteiger partial charge on any atom is 0.310 e. The van der Waals surface area contributed by atoms with Gasteiger partial charge in [0.1, 0.15) is 6.33 Å². The molecule has 9 nitrogen and oxygen atoms in total. The third-order valence-electron chi connectivity index (χ3n) is 5.13. The second kappa shape index (κ2) is 10.0. The maximum atomic E-state index is 12.3. The lowest BCUT2D eigenvalue weighted by molar-refractivity contribution is -0.147. The smallest absolute Gasteiger partial charge is 0.310 e. The first kappa shape index (κ1) is 22.2. The van der Waals surface area contributed by atoms with Crippen LogP contribution in [0.25, 0.3) is 5.78 Å². The van der Waals surface area contributed by atoms with Crippen LogP contribution in [0.15, 0.2) is 30.6 Å². The summed E-state index contributed by atoms with van der Waals surface area (Å²) in [7, 11) is 0. The van der Waals surface area contributed by atoms with Gasteiger partial charge in [-0.05, 0) is 45.4 Å². The largest absolute Gasteiger partial charge is 0.455 e. The average Bonchev–Trinajstić information content (AvgIpc) is 3.21. The zero-order chi connectivity index (χ0) is 22.4. The molecule has 2 heterocycles. The molecule has 1 amide bonds. The van der Waals surface area contributed by atoms with Gasteiger partial charge in [0.15, 0.2) is 6.61 Å². The fraction of sp³-hybridized carbons (Fsp3) is 0.409. The predicted molar refractivity (Wildman–Crippen MR) is 117 cm³/mol. The van der Waals surface area contributed by atoms with E-state index in [1.807, 2.05) is 19.9 Å². The Morgan fingerprint density at radius 3 is 2.77 bits per heavy atom. The van der Waals surface area contributed by atoms with Gasteiger partial charge in [0.05, 0.1) is 6.42 Å². The SMILES string of the molecule is CCN(CCNC(=O)COC(=O)Cc1c(C)nc2ncnn2c1C)c1cccc(C)c1. The molecule has 0 aliphatic heterocycles. The lowest BCUT2D eigenvalue weighted by Gasteiger charge is -2.23. The van der Waals surface area contributed by atoms with Crippen molar-refractivity contribution in [2.45, 2.75) is 34.1 Å². The summed E-state index contributed by atoms with van der Waals surface area (Å²) in [6, 6.07) is 8.24. The Morgan fingerprint density at radius 2 is 2.03 bits per heavy atom. The van der Waals surface area contributed by atoms with Gasteiger partial charge in [0, 0.05) is 42.3 Å². The van der Waals surface area contributed by atoms with Crippen LogP contribution in [0.3, 0.4) is 0 Å². The van der Waals surface area contributed by atoms with Crippen LogP contribution in [0.1, 0.15) is 29.4 Å². The van der Waals surface area contributed by atoms with Crippen LogP contribution in [-0.2, 0) is 20.7 Å². The summed E-state index contributed by atoms with van der Waals surface area (Å²) < 4.78 is 6.74. The van der Waals surface area contributed by atoms with Crippen LogP contribution in [-0.4, -0.2) is 57.7 Å². The number of benzene rings is 1. The van der Waals surface area contributed by atoms with E-state index in [1.54, 1.807) is 4.52 Å². The molecule has 164 valence electrons. The standard InChI is InChI=1S/C22H28N6O3/c1-5-27(18-8-6-7-15(2)11-18)10-9-23-20(29)13-31-21(30)12-19-16(3)26-22-24-14-25-28(22)17(19)4/h6-8,11,14H,5,9-10,12-13H2,1-4H3,(H,23,29). The van der Waals surface area contributed by atoms with Crippen molar-refractivity contribution >= 4 is 23.3 Å². The number of aryl methyl sites for hydroxylation is 3. The average molecular weight is 425 g/mol. The molecule has 0 saturated heterocycles. The molecule has 3 aromatic rings. The molecule has 0 spiro atoms. The van der Waals surface area contributed by atoms with Crippen LogP contribution < -0.4 is 10.2 Å². The molecule has 0 bridgehead atoms. The number of nitrogens with one attached hydrogen (secondary N) is 1. The Morgan fingerprint density at radius 1 is 1.23 bits per heavy atom. The number of hydrogen-bond donors (Lipinski definition) is 1. The fourth-order valence-electron chi connectivity index (χ4n) is 3.43. The van der Waals surface area contributed by atoms with Crippen molar-refractivity contribution in [3.63, 3.8) is 0 Å². The Bertz CT molecular complexity index is 1080. The first-order valence-electron chi connectivity index (χ1n) is 10.3. The van der Waals surface area contributed by atoms with Gasteiger partial charge in [0.2, 0.25) is 0 Å². The van der Waals surface area contributed by atoms with Crippen molar-refractivity contribution in [1.82, 2.24) is 24.9 Å². The molecule has 0 saturated carbocycles. The zero-order valence-corrected chi connectivity index (χ0v) is 18.4. The second-order valence-electron chi connectivity index (χ2n) is 7.34. The molecule has 31 heavy (non-hydrogen) atoms. The number of nitrogens with zero attached hydrogens (tertiary/aromatic N) is 5. The van der Waals surface area contributed by atoms with Crippen molar-refractivity contribution in [1.29, 1.82) is 0 Å². The van der Waals surface area contributed by atoms with Crippen LogP contribution in [0.4, 0.5) is 5.69 Å². The Balaban J connectivity index is 1.46. The summed E-state index contributed by atoms with van der Waals surface area (Å²) in [5, 5.41) is 6.91. The lowest BCUT2D eigenvalue weighted by Crippen LogP contribution is -2.37. The molecule has 0 radical (unpaired) electrons. The van der Waals surface area contributed by atoms with E-state index >= 15 is 0 Å². The van der Waals surface area contributed by atoms with E-state index in [0.717, 1.165) is 23.5 Å². The highest BCUT2D eigenvalue weighted by molar-refractivity contribution is 5.81. The molecule has 9 heteroatoms. The summed E-state index contributed by atoms with van der Waals surface area (Å²) in [5.41, 5.74) is 4.50. The number of anilines is 1. The highest BCUT2D eigenvalue weighted by Gasteiger charge is 2.16. The summed E-state index contributed by atoms with van der Waals surface area (Å²) in [6.45, 7) is 9.43. The molecular formula is C22H28N6O3. The van der Waals surface area contributed by atoms with Crippen molar-refractivity contribution in [2.75, 3.05) is 31.1 Å². The van der Waals surface area contributed by atoms with Gasteiger partial charge in [-0.1, -0.05) is 12.1 Å². The Hall–Kier alpha value is -3.49. The number of likely N-dealkylation sites (N-methyl/N-ethyl adjacent to an activating group) is 1. The lowest BCUT2D eigenvalue weighted by atomic mass is 10.1. The maximum absolute atomic E-state index is 12.3. The fourth-order valence-corrected chi connectivity index (χ4v) is 3.43. The highest BCUT2D eigenvalue weighted by Crippen LogP contribution is 2.15. The number of esters is 1. The van der Waals surface area contributed by atoms with Crippen LogP contribution in [0, 0.1) is 20.8 Å². The highest BCUT2D eigenvalue weighted by atomic mass is 16.5. The number of amides is 1. The monoisotopic (exact) mass is 424 g/mol. The third-order valence-corrected chi connectivity index (χ3v) is 5.13. The van der Waals surface area contributed by atoms with E-state index in [0.29, 0.717) is 24.6 Å². The normalized spacial score (nSPS) is 10.8. The van der Waals surface area contributed by atoms with Gasteiger partial charge in [0.25, 0.3) is 11.7 Å². The van der Waals surface area contributed by atoms with Gasteiger partial charge >= 0.3 is 5.97 Å². The van der Waals surface area contributed by atoms with Crippen LogP contribution >= 0.6 is 0 Å². The van der Waals surface area contributed by atoms with Crippen LogP contribution in [0.2, 0.25) is 0 Å². The summed E-state index contributed by atoms with van der Waals surface area (Å²) in [5.74, 6) is -0.331. The van der Waals surface area contributed by atoms with Crippen molar-refractivity contribution in [3.05, 3.63) is 53.1 Å². The number of ether oxygens (including phenoxy) is 1.